The van der Waals surface area contributed by atoms with Gasteiger partial charge in [-0.15, -0.1) is 0 Å². The number of ether oxygens (including phenoxy) is 1. The molecular weight excluding hydrogens is 372 g/mol. The van der Waals surface area contributed by atoms with E-state index in [1.807, 2.05) is 78.9 Å². The van der Waals surface area contributed by atoms with Gasteiger partial charge in [-0.2, -0.15) is 9.78 Å². The topological polar surface area (TPSA) is 44.1 Å². The van der Waals surface area contributed by atoms with Crippen molar-refractivity contribution in [1.82, 2.24) is 9.78 Å². The van der Waals surface area contributed by atoms with E-state index in [0.717, 1.165) is 33.6 Å². The van der Waals surface area contributed by atoms with Crippen molar-refractivity contribution in [3.63, 3.8) is 0 Å². The van der Waals surface area contributed by atoms with Crippen LogP contribution in [0.4, 0.5) is 0 Å². The van der Waals surface area contributed by atoms with E-state index in [9.17, 15) is 4.79 Å². The molecule has 30 heavy (non-hydrogen) atoms. The predicted molar refractivity (Wildman–Crippen MR) is 119 cm³/mol. The Hall–Kier alpha value is -3.66. The summed E-state index contributed by atoms with van der Waals surface area (Å²) in [6.45, 7) is 4.11. The zero-order valence-electron chi connectivity index (χ0n) is 17.2. The third-order valence-corrected chi connectivity index (χ3v) is 5.23. The van der Waals surface area contributed by atoms with Gasteiger partial charge < -0.3 is 4.74 Å². The molecule has 0 fully saturated rings. The Balaban J connectivity index is 1.64. The van der Waals surface area contributed by atoms with Crippen molar-refractivity contribution in [2.24, 2.45) is 0 Å². The van der Waals surface area contributed by atoms with Gasteiger partial charge in [-0.05, 0) is 43.0 Å². The van der Waals surface area contributed by atoms with Gasteiger partial charge in [0.25, 0.3) is 0 Å². The Kier molecular flexibility index (Phi) is 5.75. The van der Waals surface area contributed by atoms with Crippen LogP contribution in [0.1, 0.15) is 23.1 Å². The zero-order chi connectivity index (χ0) is 20.9. The fourth-order valence-electron chi connectivity index (χ4n) is 3.38. The van der Waals surface area contributed by atoms with Crippen LogP contribution in [0.2, 0.25) is 0 Å². The Morgan fingerprint density at radius 3 is 2.33 bits per heavy atom. The summed E-state index contributed by atoms with van der Waals surface area (Å²) in [4.78, 5) is 12.6. The predicted octanol–water partition coefficient (Wildman–Crippen LogP) is 5.69. The molecule has 0 saturated carbocycles. The molecule has 0 saturated heterocycles. The molecule has 150 valence electrons. The highest BCUT2D eigenvalue weighted by molar-refractivity contribution is 5.73. The average Bonchev–Trinajstić information content (AvgIpc) is 3.19. The molecule has 0 radical (unpaired) electrons. The Morgan fingerprint density at radius 1 is 0.900 bits per heavy atom. The number of hydrogen-bond donors (Lipinski definition) is 0. The van der Waals surface area contributed by atoms with E-state index in [4.69, 9.17) is 9.84 Å². The van der Waals surface area contributed by atoms with Gasteiger partial charge in [-0.1, -0.05) is 72.8 Å². The Labute approximate surface area is 176 Å². The summed E-state index contributed by atoms with van der Waals surface area (Å²) in [6.07, 6.45) is 0.950. The molecule has 4 rings (SSSR count). The first kappa shape index (κ1) is 19.6. The lowest BCUT2D eigenvalue weighted by Crippen LogP contribution is -2.12. The van der Waals surface area contributed by atoms with Crippen molar-refractivity contribution >= 4 is 5.97 Å². The van der Waals surface area contributed by atoms with Crippen LogP contribution in [0.3, 0.4) is 0 Å². The molecule has 4 aromatic rings. The van der Waals surface area contributed by atoms with Crippen molar-refractivity contribution < 1.29 is 9.53 Å². The zero-order valence-corrected chi connectivity index (χ0v) is 17.2. The summed E-state index contributed by atoms with van der Waals surface area (Å²) >= 11 is 0. The summed E-state index contributed by atoms with van der Waals surface area (Å²) in [6, 6.07) is 27.7. The molecule has 0 atom stereocenters. The van der Waals surface area contributed by atoms with E-state index >= 15 is 0 Å². The van der Waals surface area contributed by atoms with E-state index in [-0.39, 0.29) is 5.97 Å². The van der Waals surface area contributed by atoms with Crippen LogP contribution in [-0.2, 0) is 11.2 Å². The van der Waals surface area contributed by atoms with Gasteiger partial charge in [0.05, 0.1) is 17.8 Å². The summed E-state index contributed by atoms with van der Waals surface area (Å²) in [5.41, 5.74) is 6.02. The third-order valence-electron chi connectivity index (χ3n) is 5.23. The second-order valence-corrected chi connectivity index (χ2v) is 7.32. The maximum absolute atomic E-state index is 12.6. The number of carbonyl (C=O) groups excluding carboxylic acids is 1. The molecule has 0 aliphatic heterocycles. The lowest BCUT2D eigenvalue weighted by Gasteiger charge is -2.12. The van der Waals surface area contributed by atoms with E-state index in [1.165, 1.54) is 0 Å². The normalized spacial score (nSPS) is 10.7. The third kappa shape index (κ3) is 4.33. The molecular formula is C26H24N2O2. The smallest absolute Gasteiger partial charge is 0.312 e. The molecule has 0 spiro atoms. The molecule has 3 aromatic carbocycles. The first-order valence-corrected chi connectivity index (χ1v) is 10.1. The largest absolute Gasteiger partial charge is 0.407 e. The molecule has 0 aliphatic carbocycles. The van der Waals surface area contributed by atoms with Crippen molar-refractivity contribution in [3.05, 3.63) is 102 Å². The standard InChI is InChI=1S/C26H24N2O2/c1-19-10-9-15-24(20(19)2)28-25(18-23(27-28)22-13-7-4-8-14-22)30-26(29)17-16-21-11-5-3-6-12-21/h3-15,18H,16-17H2,1-2H3. The summed E-state index contributed by atoms with van der Waals surface area (Å²) in [7, 11) is 0. The minimum atomic E-state index is -0.273. The number of benzene rings is 3. The Bertz CT molecular complexity index is 1150. The van der Waals surface area contributed by atoms with Crippen LogP contribution in [-0.4, -0.2) is 15.7 Å². The fourth-order valence-corrected chi connectivity index (χ4v) is 3.38. The monoisotopic (exact) mass is 396 g/mol. The van der Waals surface area contributed by atoms with Crippen molar-refractivity contribution in [3.8, 4) is 22.8 Å². The molecule has 0 unspecified atom stereocenters. The molecule has 0 amide bonds. The highest BCUT2D eigenvalue weighted by Gasteiger charge is 2.17. The maximum Gasteiger partial charge on any atom is 0.312 e. The van der Waals surface area contributed by atoms with Crippen LogP contribution in [0.15, 0.2) is 84.9 Å². The number of nitrogens with zero attached hydrogens (tertiary/aromatic N) is 2. The summed E-state index contributed by atoms with van der Waals surface area (Å²) in [5.74, 6) is 0.158. The minimum Gasteiger partial charge on any atom is -0.407 e. The SMILES string of the molecule is Cc1cccc(-n2nc(-c3ccccc3)cc2OC(=O)CCc2ccccc2)c1C. The first-order chi connectivity index (χ1) is 14.6. The van der Waals surface area contributed by atoms with Gasteiger partial charge >= 0.3 is 5.97 Å². The molecule has 0 bridgehead atoms. The van der Waals surface area contributed by atoms with Gasteiger partial charge in [0.2, 0.25) is 5.88 Å². The number of rotatable bonds is 6. The number of carbonyl (C=O) groups is 1. The van der Waals surface area contributed by atoms with Crippen molar-refractivity contribution in [1.29, 1.82) is 0 Å². The average molecular weight is 396 g/mol. The second kappa shape index (κ2) is 8.78. The van der Waals surface area contributed by atoms with E-state index in [0.29, 0.717) is 18.7 Å². The number of aryl methyl sites for hydroxylation is 2. The number of hydrogen-bond acceptors (Lipinski definition) is 3. The lowest BCUT2D eigenvalue weighted by atomic mass is 10.1. The molecule has 0 N–H and O–H groups in total. The minimum absolute atomic E-state index is 0.273. The van der Waals surface area contributed by atoms with Crippen molar-refractivity contribution in [2.45, 2.75) is 26.7 Å². The van der Waals surface area contributed by atoms with Crippen LogP contribution in [0.25, 0.3) is 16.9 Å². The second-order valence-electron chi connectivity index (χ2n) is 7.32. The van der Waals surface area contributed by atoms with E-state index in [1.54, 1.807) is 4.68 Å². The quantitative estimate of drug-likeness (QED) is 0.393. The number of esters is 1. The van der Waals surface area contributed by atoms with Gasteiger partial charge in [0.15, 0.2) is 0 Å². The van der Waals surface area contributed by atoms with Crippen LogP contribution < -0.4 is 4.74 Å². The van der Waals surface area contributed by atoms with Crippen LogP contribution in [0.5, 0.6) is 5.88 Å². The molecule has 4 nitrogen and oxygen atoms in total. The first-order valence-electron chi connectivity index (χ1n) is 10.1. The molecule has 4 heteroatoms. The summed E-state index contributed by atoms with van der Waals surface area (Å²) in [5, 5.41) is 4.76. The molecule has 0 aliphatic rings. The van der Waals surface area contributed by atoms with E-state index < -0.39 is 0 Å². The Morgan fingerprint density at radius 2 is 1.60 bits per heavy atom. The highest BCUT2D eigenvalue weighted by Crippen LogP contribution is 2.28. The van der Waals surface area contributed by atoms with Gasteiger partial charge in [0, 0.05) is 11.6 Å². The fraction of sp³-hybridized carbons (Fsp3) is 0.154. The van der Waals surface area contributed by atoms with Crippen LogP contribution >= 0.6 is 0 Å². The van der Waals surface area contributed by atoms with Gasteiger partial charge in [-0.3, -0.25) is 4.79 Å². The van der Waals surface area contributed by atoms with Crippen LogP contribution in [0, 0.1) is 13.8 Å². The van der Waals surface area contributed by atoms with Gasteiger partial charge in [-0.25, -0.2) is 0 Å². The van der Waals surface area contributed by atoms with Crippen molar-refractivity contribution in [2.75, 3.05) is 0 Å². The van der Waals surface area contributed by atoms with Gasteiger partial charge in [0.1, 0.15) is 0 Å². The summed E-state index contributed by atoms with van der Waals surface area (Å²) < 4.78 is 7.51. The molecule has 1 heterocycles. The number of aromatic nitrogens is 2. The molecule has 1 aromatic heterocycles. The van der Waals surface area contributed by atoms with E-state index in [2.05, 4.69) is 19.9 Å². The highest BCUT2D eigenvalue weighted by atomic mass is 16.5. The maximum atomic E-state index is 12.6. The lowest BCUT2D eigenvalue weighted by molar-refractivity contribution is -0.134.